The van der Waals surface area contributed by atoms with Crippen molar-refractivity contribution in [1.29, 1.82) is 0 Å². The molecule has 0 amide bonds. The average Bonchev–Trinajstić information content (AvgIpc) is 3.66. The Morgan fingerprint density at radius 3 is 2.89 bits per heavy atom. The monoisotopic (exact) mass is 508 g/mol. The Bertz CT molecular complexity index is 1740. The number of piperidine rings is 1. The van der Waals surface area contributed by atoms with E-state index >= 15 is 0 Å². The molecule has 6 rings (SSSR count). The molecule has 1 fully saturated rings. The van der Waals surface area contributed by atoms with Gasteiger partial charge in [-0.2, -0.15) is 5.10 Å². The van der Waals surface area contributed by atoms with Gasteiger partial charge in [0.25, 0.3) is 0 Å². The van der Waals surface area contributed by atoms with Crippen LogP contribution in [0.15, 0.2) is 48.2 Å². The molecule has 0 bridgehead atoms. The fourth-order valence-electron chi connectivity index (χ4n) is 4.64. The van der Waals surface area contributed by atoms with Crippen molar-refractivity contribution in [3.8, 4) is 23.0 Å². The van der Waals surface area contributed by atoms with Crippen molar-refractivity contribution < 1.29 is 4.74 Å². The van der Waals surface area contributed by atoms with Crippen LogP contribution in [-0.2, 0) is 0 Å². The lowest BCUT2D eigenvalue weighted by molar-refractivity contribution is 0.162. The van der Waals surface area contributed by atoms with Crippen LogP contribution >= 0.6 is 0 Å². The van der Waals surface area contributed by atoms with Crippen molar-refractivity contribution in [3.05, 3.63) is 65.1 Å². The van der Waals surface area contributed by atoms with Gasteiger partial charge in [0, 0.05) is 36.4 Å². The number of imidazole rings is 2. The van der Waals surface area contributed by atoms with Gasteiger partial charge in [0.05, 0.1) is 35.0 Å². The Kier molecular flexibility index (Phi) is 6.26. The minimum absolute atomic E-state index is 0.184. The number of fused-ring (bicyclic) bond motifs is 1. The smallest absolute Gasteiger partial charge is 0.161 e. The highest BCUT2D eigenvalue weighted by atomic mass is 16.5. The summed E-state index contributed by atoms with van der Waals surface area (Å²) >= 11 is 0. The second kappa shape index (κ2) is 10.0. The molecule has 0 atom stereocenters. The molecule has 38 heavy (non-hydrogen) atoms. The average molecular weight is 509 g/mol. The van der Waals surface area contributed by atoms with Crippen LogP contribution in [0.25, 0.3) is 41.0 Å². The van der Waals surface area contributed by atoms with E-state index in [0.29, 0.717) is 22.5 Å². The quantitative estimate of drug-likeness (QED) is 0.297. The summed E-state index contributed by atoms with van der Waals surface area (Å²) < 4.78 is 8.13. The number of aromatic nitrogens is 8. The zero-order valence-electron chi connectivity index (χ0n) is 21.3. The van der Waals surface area contributed by atoms with Gasteiger partial charge in [0.2, 0.25) is 0 Å². The molecule has 0 aliphatic carbocycles. The Balaban J connectivity index is 1.37. The first kappa shape index (κ1) is 23.7. The van der Waals surface area contributed by atoms with E-state index in [1.807, 2.05) is 35.9 Å². The summed E-state index contributed by atoms with van der Waals surface area (Å²) in [5, 5.41) is 12.3. The summed E-state index contributed by atoms with van der Waals surface area (Å²) in [6, 6.07) is 3.88. The standard InChI is InChI=1S/C27H28N10O/c1-16-14-37(15-32-16)23-6-9-31-26-25(23)33-27(34-26)24-21(17(2)35-36-24)11-22(28-3)18-10-20(13-30-12-18)38-19-4-7-29-8-5-19/h6,9-15,19,29,35H,2,4-5,7-8H2,1,3H3,(H,31,33,34)/b21-11+,28-22+. The summed E-state index contributed by atoms with van der Waals surface area (Å²) in [6.45, 7) is 8.02. The lowest BCUT2D eigenvalue weighted by Crippen LogP contribution is -2.34. The van der Waals surface area contributed by atoms with E-state index in [2.05, 4.69) is 47.0 Å². The normalized spacial score (nSPS) is 15.4. The van der Waals surface area contributed by atoms with Crippen LogP contribution in [0.1, 0.15) is 24.1 Å². The first-order valence-electron chi connectivity index (χ1n) is 12.5. The minimum Gasteiger partial charge on any atom is -0.489 e. The van der Waals surface area contributed by atoms with Crippen LogP contribution in [0.2, 0.25) is 0 Å². The second-order valence-corrected chi connectivity index (χ2v) is 9.23. The van der Waals surface area contributed by atoms with Crippen molar-refractivity contribution in [3.63, 3.8) is 0 Å². The maximum absolute atomic E-state index is 6.19. The van der Waals surface area contributed by atoms with E-state index in [9.17, 15) is 0 Å². The van der Waals surface area contributed by atoms with Crippen LogP contribution in [-0.4, -0.2) is 71.6 Å². The predicted octanol–water partition coefficient (Wildman–Crippen LogP) is 1.68. The Morgan fingerprint density at radius 1 is 1.24 bits per heavy atom. The van der Waals surface area contributed by atoms with Crippen LogP contribution in [0.4, 0.5) is 0 Å². The molecular weight excluding hydrogens is 480 g/mol. The van der Waals surface area contributed by atoms with E-state index in [1.165, 1.54) is 0 Å². The third-order valence-corrected chi connectivity index (χ3v) is 6.58. The number of hydrogen-bond acceptors (Lipinski definition) is 8. The molecule has 11 heteroatoms. The van der Waals surface area contributed by atoms with Gasteiger partial charge in [0.1, 0.15) is 23.1 Å². The van der Waals surface area contributed by atoms with Crippen LogP contribution in [0.3, 0.4) is 0 Å². The van der Waals surface area contributed by atoms with Gasteiger partial charge in [-0.15, -0.1) is 0 Å². The number of pyridine rings is 2. The number of nitrogens with one attached hydrogen (secondary N) is 3. The summed E-state index contributed by atoms with van der Waals surface area (Å²) in [7, 11) is 1.75. The predicted molar refractivity (Wildman–Crippen MR) is 146 cm³/mol. The number of aliphatic imine (C=N–C) groups is 1. The molecule has 0 unspecified atom stereocenters. The van der Waals surface area contributed by atoms with Gasteiger partial charge in [-0.05, 0) is 51.1 Å². The number of aryl methyl sites for hydroxylation is 1. The maximum atomic E-state index is 6.19. The van der Waals surface area contributed by atoms with Gasteiger partial charge in [-0.3, -0.25) is 15.1 Å². The Labute approximate surface area is 218 Å². The molecule has 1 aliphatic heterocycles. The molecule has 3 N–H and O–H groups in total. The SMILES string of the molecule is C=c1[nH]nc(-c2nc3c(-n4cnc(C)c4)ccnc3[nH]2)/c1=C/C(=N\C)c1cncc(OC2CCNCC2)c1. The second-order valence-electron chi connectivity index (χ2n) is 9.23. The van der Waals surface area contributed by atoms with E-state index in [0.717, 1.165) is 65.1 Å². The summed E-state index contributed by atoms with van der Waals surface area (Å²) in [6.07, 6.45) is 13.1. The molecule has 0 spiro atoms. The molecular formula is C27H28N10O. The van der Waals surface area contributed by atoms with Gasteiger partial charge in [-0.25, -0.2) is 15.0 Å². The Morgan fingerprint density at radius 2 is 2.11 bits per heavy atom. The zero-order valence-corrected chi connectivity index (χ0v) is 21.3. The highest BCUT2D eigenvalue weighted by molar-refractivity contribution is 6.21. The van der Waals surface area contributed by atoms with Crippen molar-refractivity contribution in [2.24, 2.45) is 4.99 Å². The molecule has 1 saturated heterocycles. The minimum atomic E-state index is 0.184. The molecule has 0 saturated carbocycles. The van der Waals surface area contributed by atoms with Gasteiger partial charge in [-0.1, -0.05) is 6.58 Å². The summed E-state index contributed by atoms with van der Waals surface area (Å²) in [5.74, 6) is 1.31. The van der Waals surface area contributed by atoms with Crippen LogP contribution in [0.5, 0.6) is 5.75 Å². The molecule has 6 heterocycles. The number of rotatable bonds is 6. The lowest BCUT2D eigenvalue weighted by Gasteiger charge is -2.23. The third kappa shape index (κ3) is 4.59. The molecule has 5 aromatic heterocycles. The van der Waals surface area contributed by atoms with Gasteiger partial charge < -0.3 is 19.6 Å². The first-order valence-corrected chi connectivity index (χ1v) is 12.5. The van der Waals surface area contributed by atoms with E-state index < -0.39 is 0 Å². The number of nitrogens with zero attached hydrogens (tertiary/aromatic N) is 7. The van der Waals surface area contributed by atoms with Crippen LogP contribution < -0.4 is 20.6 Å². The highest BCUT2D eigenvalue weighted by Gasteiger charge is 2.17. The van der Waals surface area contributed by atoms with Crippen LogP contribution in [0, 0.1) is 6.92 Å². The number of aromatic amines is 2. The summed E-state index contributed by atoms with van der Waals surface area (Å²) in [5.41, 5.74) is 5.36. The third-order valence-electron chi connectivity index (χ3n) is 6.58. The maximum Gasteiger partial charge on any atom is 0.161 e. The summed E-state index contributed by atoms with van der Waals surface area (Å²) in [4.78, 5) is 25.9. The van der Waals surface area contributed by atoms with Gasteiger partial charge >= 0.3 is 0 Å². The van der Waals surface area contributed by atoms with Crippen molar-refractivity contribution >= 4 is 29.5 Å². The lowest BCUT2D eigenvalue weighted by atomic mass is 10.1. The van der Waals surface area contributed by atoms with Gasteiger partial charge in [0.15, 0.2) is 11.5 Å². The molecule has 0 aromatic carbocycles. The fourth-order valence-corrected chi connectivity index (χ4v) is 4.64. The Hall–Kier alpha value is -4.64. The number of ether oxygens (including phenoxy) is 1. The largest absolute Gasteiger partial charge is 0.489 e. The number of H-pyrrole nitrogens is 2. The topological polar surface area (TPSA) is 135 Å². The molecule has 11 nitrogen and oxygen atoms in total. The van der Waals surface area contributed by atoms with Crippen molar-refractivity contribution in [1.82, 2.24) is 45.0 Å². The fraction of sp³-hybridized carbons (Fsp3) is 0.259. The highest BCUT2D eigenvalue weighted by Crippen LogP contribution is 2.22. The molecule has 0 radical (unpaired) electrons. The van der Waals surface area contributed by atoms with E-state index in [1.54, 1.807) is 32.0 Å². The number of hydrogen-bond donors (Lipinski definition) is 3. The molecule has 192 valence electrons. The zero-order chi connectivity index (χ0) is 26.1. The molecule has 1 aliphatic rings. The van der Waals surface area contributed by atoms with Crippen molar-refractivity contribution in [2.45, 2.75) is 25.9 Å². The molecule has 5 aromatic rings. The first-order chi connectivity index (χ1) is 18.6. The van der Waals surface area contributed by atoms with Crippen molar-refractivity contribution in [2.75, 3.05) is 20.1 Å². The van der Waals surface area contributed by atoms with E-state index in [4.69, 9.17) is 9.72 Å². The van der Waals surface area contributed by atoms with E-state index in [-0.39, 0.29) is 6.10 Å².